The lowest BCUT2D eigenvalue weighted by Gasteiger charge is -2.28. The number of carboxylic acid groups (broad SMARTS) is 1. The fourth-order valence-electron chi connectivity index (χ4n) is 2.10. The van der Waals surface area contributed by atoms with E-state index in [-0.39, 0.29) is 12.3 Å². The van der Waals surface area contributed by atoms with Crippen molar-refractivity contribution in [3.8, 4) is 0 Å². The van der Waals surface area contributed by atoms with Crippen LogP contribution in [0.5, 0.6) is 0 Å². The van der Waals surface area contributed by atoms with Crippen LogP contribution < -0.4 is 0 Å². The monoisotopic (exact) mass is 207 g/mol. The molecule has 0 bridgehead atoms. The maximum atomic E-state index is 10.6. The van der Waals surface area contributed by atoms with Crippen molar-refractivity contribution in [2.75, 3.05) is 0 Å². The first-order chi connectivity index (χ1) is 7.18. The second-order valence-electron chi connectivity index (χ2n) is 3.88. The molecule has 0 fully saturated rings. The second kappa shape index (κ2) is 3.98. The summed E-state index contributed by atoms with van der Waals surface area (Å²) in [6, 6.07) is 3.59. The highest BCUT2D eigenvalue weighted by molar-refractivity contribution is 5.67. The van der Waals surface area contributed by atoms with Gasteiger partial charge in [-0.25, -0.2) is 0 Å². The fourth-order valence-corrected chi connectivity index (χ4v) is 2.10. The summed E-state index contributed by atoms with van der Waals surface area (Å²) in [4.78, 5) is 14.8. The largest absolute Gasteiger partial charge is 0.481 e. The molecule has 15 heavy (non-hydrogen) atoms. The Balaban J connectivity index is 2.22. The van der Waals surface area contributed by atoms with E-state index in [0.717, 1.165) is 17.7 Å². The molecule has 0 aliphatic heterocycles. The number of aliphatic carboxylic acids is 1. The van der Waals surface area contributed by atoms with Gasteiger partial charge in [0.1, 0.15) is 0 Å². The zero-order valence-corrected chi connectivity index (χ0v) is 8.26. The third kappa shape index (κ3) is 1.99. The molecule has 2 unspecified atom stereocenters. The molecule has 0 spiro atoms. The third-order valence-corrected chi connectivity index (χ3v) is 2.88. The quantitative estimate of drug-likeness (QED) is 0.763. The van der Waals surface area contributed by atoms with Crippen molar-refractivity contribution in [1.29, 1.82) is 0 Å². The minimum absolute atomic E-state index is 0.0233. The molecule has 0 radical (unpaired) electrons. The number of hydrogen-bond acceptors (Lipinski definition) is 3. The van der Waals surface area contributed by atoms with Gasteiger partial charge in [0.25, 0.3) is 0 Å². The van der Waals surface area contributed by atoms with Gasteiger partial charge in [-0.2, -0.15) is 0 Å². The Kier molecular flexibility index (Phi) is 2.68. The van der Waals surface area contributed by atoms with Crippen LogP contribution in [0.25, 0.3) is 0 Å². The number of pyridine rings is 1. The number of hydrogen-bond donors (Lipinski definition) is 2. The molecule has 2 atom stereocenters. The number of aryl methyl sites for hydroxylation is 1. The second-order valence-corrected chi connectivity index (χ2v) is 3.88. The summed E-state index contributed by atoms with van der Waals surface area (Å²) in [7, 11) is 0. The summed E-state index contributed by atoms with van der Waals surface area (Å²) in [6.07, 6.45) is 2.49. The molecular weight excluding hydrogens is 194 g/mol. The van der Waals surface area contributed by atoms with Gasteiger partial charge in [0.2, 0.25) is 0 Å². The topological polar surface area (TPSA) is 70.4 Å². The Morgan fingerprint density at radius 1 is 1.60 bits per heavy atom. The first-order valence-corrected chi connectivity index (χ1v) is 5.02. The molecule has 80 valence electrons. The molecule has 0 saturated heterocycles. The molecule has 0 saturated carbocycles. The van der Waals surface area contributed by atoms with Crippen LogP contribution in [0.2, 0.25) is 0 Å². The van der Waals surface area contributed by atoms with Crippen LogP contribution in [-0.2, 0) is 11.2 Å². The predicted molar refractivity (Wildman–Crippen MR) is 53.3 cm³/mol. The van der Waals surface area contributed by atoms with Crippen LogP contribution in [-0.4, -0.2) is 21.2 Å². The smallest absolute Gasteiger partial charge is 0.303 e. The Bertz CT molecular complexity index is 378. The SMILES string of the molecule is O=C(O)CC1CCc2ncccc2C1O. The minimum atomic E-state index is -0.855. The number of aliphatic hydroxyl groups excluding tert-OH is 1. The van der Waals surface area contributed by atoms with Gasteiger partial charge in [-0.1, -0.05) is 6.07 Å². The lowest BCUT2D eigenvalue weighted by Crippen LogP contribution is -2.23. The van der Waals surface area contributed by atoms with Gasteiger partial charge in [-0.15, -0.1) is 0 Å². The molecule has 1 aromatic rings. The molecule has 4 nitrogen and oxygen atoms in total. The highest BCUT2D eigenvalue weighted by atomic mass is 16.4. The summed E-state index contributed by atoms with van der Waals surface area (Å²) >= 11 is 0. The van der Waals surface area contributed by atoms with Crippen LogP contribution in [0.15, 0.2) is 18.3 Å². The summed E-state index contributed by atoms with van der Waals surface area (Å²) < 4.78 is 0. The number of fused-ring (bicyclic) bond motifs is 1. The number of carbonyl (C=O) groups is 1. The summed E-state index contributed by atoms with van der Waals surface area (Å²) in [5.74, 6) is -1.04. The highest BCUT2D eigenvalue weighted by Crippen LogP contribution is 2.34. The molecule has 0 amide bonds. The van der Waals surface area contributed by atoms with Gasteiger partial charge >= 0.3 is 5.97 Å². The van der Waals surface area contributed by atoms with E-state index in [4.69, 9.17) is 5.11 Å². The Hall–Kier alpha value is -1.42. The molecule has 2 rings (SSSR count). The van der Waals surface area contributed by atoms with Gasteiger partial charge in [0, 0.05) is 17.5 Å². The van der Waals surface area contributed by atoms with Crippen molar-refractivity contribution < 1.29 is 15.0 Å². The van der Waals surface area contributed by atoms with Crippen LogP contribution >= 0.6 is 0 Å². The highest BCUT2D eigenvalue weighted by Gasteiger charge is 2.29. The van der Waals surface area contributed by atoms with Gasteiger partial charge in [-0.3, -0.25) is 9.78 Å². The molecule has 1 heterocycles. The van der Waals surface area contributed by atoms with E-state index in [1.165, 1.54) is 0 Å². The molecule has 1 aliphatic carbocycles. The number of aromatic nitrogens is 1. The van der Waals surface area contributed by atoms with Gasteiger partial charge in [-0.05, 0) is 24.8 Å². The van der Waals surface area contributed by atoms with E-state index in [9.17, 15) is 9.90 Å². The number of nitrogens with zero attached hydrogens (tertiary/aromatic N) is 1. The molecule has 2 N–H and O–H groups in total. The first kappa shape index (κ1) is 10.1. The minimum Gasteiger partial charge on any atom is -0.481 e. The standard InChI is InChI=1S/C11H13NO3/c13-10(14)6-7-3-4-9-8(11(7)15)2-1-5-12-9/h1-2,5,7,11,15H,3-4,6H2,(H,13,14). The van der Waals surface area contributed by atoms with E-state index in [1.54, 1.807) is 12.3 Å². The summed E-state index contributed by atoms with van der Waals surface area (Å²) in [6.45, 7) is 0. The van der Waals surface area contributed by atoms with E-state index in [1.807, 2.05) is 6.07 Å². The molecule has 0 aromatic carbocycles. The number of aliphatic hydroxyl groups is 1. The number of rotatable bonds is 2. The average Bonchev–Trinajstić information content (AvgIpc) is 2.22. The molecule has 1 aliphatic rings. The zero-order chi connectivity index (χ0) is 10.8. The molecular formula is C11H13NO3. The average molecular weight is 207 g/mol. The Labute approximate surface area is 87.6 Å². The van der Waals surface area contributed by atoms with Crippen molar-refractivity contribution in [3.63, 3.8) is 0 Å². The van der Waals surface area contributed by atoms with Crippen molar-refractivity contribution >= 4 is 5.97 Å². The van der Waals surface area contributed by atoms with Gasteiger partial charge < -0.3 is 10.2 Å². The first-order valence-electron chi connectivity index (χ1n) is 5.02. The fraction of sp³-hybridized carbons (Fsp3) is 0.455. The molecule has 1 aromatic heterocycles. The van der Waals surface area contributed by atoms with Crippen molar-refractivity contribution in [3.05, 3.63) is 29.6 Å². The zero-order valence-electron chi connectivity index (χ0n) is 8.26. The van der Waals surface area contributed by atoms with Crippen molar-refractivity contribution in [2.24, 2.45) is 5.92 Å². The van der Waals surface area contributed by atoms with Crippen LogP contribution in [0.3, 0.4) is 0 Å². The normalized spacial score (nSPS) is 24.6. The van der Waals surface area contributed by atoms with E-state index < -0.39 is 12.1 Å². The maximum Gasteiger partial charge on any atom is 0.303 e. The van der Waals surface area contributed by atoms with Gasteiger partial charge in [0.15, 0.2) is 0 Å². The Morgan fingerprint density at radius 3 is 3.13 bits per heavy atom. The van der Waals surface area contributed by atoms with Crippen molar-refractivity contribution in [2.45, 2.75) is 25.4 Å². The lowest BCUT2D eigenvalue weighted by atomic mass is 9.82. The van der Waals surface area contributed by atoms with Gasteiger partial charge in [0.05, 0.1) is 12.5 Å². The lowest BCUT2D eigenvalue weighted by molar-refractivity contribution is -0.139. The van der Waals surface area contributed by atoms with Crippen LogP contribution in [0.4, 0.5) is 0 Å². The molecule has 4 heteroatoms. The summed E-state index contributed by atoms with van der Waals surface area (Å²) in [5, 5.41) is 18.7. The van der Waals surface area contributed by atoms with Crippen molar-refractivity contribution in [1.82, 2.24) is 4.98 Å². The maximum absolute atomic E-state index is 10.6. The third-order valence-electron chi connectivity index (χ3n) is 2.88. The van der Waals surface area contributed by atoms with E-state index in [0.29, 0.717) is 6.42 Å². The van der Waals surface area contributed by atoms with Crippen LogP contribution in [0.1, 0.15) is 30.2 Å². The predicted octanol–water partition coefficient (Wildman–Crippen LogP) is 1.15. The number of carboxylic acids is 1. The Morgan fingerprint density at radius 2 is 2.40 bits per heavy atom. The summed E-state index contributed by atoms with van der Waals surface area (Å²) in [5.41, 5.74) is 1.68. The van der Waals surface area contributed by atoms with Crippen LogP contribution in [0, 0.1) is 5.92 Å². The van der Waals surface area contributed by atoms with E-state index >= 15 is 0 Å². The van der Waals surface area contributed by atoms with E-state index in [2.05, 4.69) is 4.98 Å².